The molecule has 0 amide bonds. The Kier molecular flexibility index (Phi) is 32.4. The van der Waals surface area contributed by atoms with E-state index in [9.17, 15) is 63.7 Å². The number of carbonyl (C=O) groups excluding carboxylic acids is 8. The molecule has 0 heterocycles. The van der Waals surface area contributed by atoms with Crippen molar-refractivity contribution in [3.63, 3.8) is 0 Å². The van der Waals surface area contributed by atoms with Gasteiger partial charge < -0.3 is 54.9 Å². The minimum atomic E-state index is -1.32. The fraction of sp³-hybridized carbons (Fsp3) is 0.304. The van der Waals surface area contributed by atoms with Gasteiger partial charge in [0.25, 0.3) is 11.4 Å². The van der Waals surface area contributed by atoms with Gasteiger partial charge in [-0.2, -0.15) is 0 Å². The molecule has 5 N–H and O–H groups in total. The van der Waals surface area contributed by atoms with Crippen LogP contribution in [0.3, 0.4) is 0 Å². The standard InChI is InChI=1S/C12H13NO6.C12H15NO4.C10H11NO4.C8H7NO4.C4H7BrO2.Li/c1-3-18-12(15)7-19-9-4-5-10(8(2)14)11(6-9)13(16)17;1-3-16-12(15)7-17-9-4-5-10(8(2)14)11(13)6-9;1-6(12)8-3-2-7(4-9(8)11)15-5-10(13)14;1-5(10)7-3-2-6(11)4-8(7)9(12)13;1-2-7-4(6)3-5;/h4-6H,3,7H2,1-2H3;4-6H,3,7,13H2,1-2H3;2-4H,5,11H2,1H3,(H,13,14);2-4,11H,1H3;2-3H2,1H3;/q;;;;;+1/p-1. The maximum Gasteiger partial charge on any atom is 1.00 e. The number of aliphatic carboxylic acids is 1. The number of alkyl halides is 1. The quantitative estimate of drug-likeness (QED) is 0.0177. The van der Waals surface area contributed by atoms with E-state index in [1.165, 1.54) is 76.2 Å². The molecule has 4 aromatic carbocycles. The zero-order chi connectivity index (χ0) is 54.4. The smallest absolute Gasteiger partial charge is 0.546 e. The summed E-state index contributed by atoms with van der Waals surface area (Å²) in [6.07, 6.45) is 0. The number of benzene rings is 4. The minimum absolute atomic E-state index is 0. The summed E-state index contributed by atoms with van der Waals surface area (Å²) in [4.78, 5) is 107. The van der Waals surface area contributed by atoms with E-state index in [-0.39, 0.29) is 95.9 Å². The molecule has 0 atom stereocenters. The number of nitro benzene ring substituents is 2. The number of Topliss-reactive ketones (excluding diaryl/α,β-unsaturated/α-hetero) is 4. The molecule has 4 rings (SSSR count). The molecule has 0 saturated heterocycles. The summed E-state index contributed by atoms with van der Waals surface area (Å²) in [7, 11) is 0. The molecule has 0 aliphatic rings. The number of phenols is 1. The molecule has 0 fully saturated rings. The van der Waals surface area contributed by atoms with E-state index in [4.69, 9.17) is 35.5 Å². The number of carbonyl (C=O) groups is 8. The van der Waals surface area contributed by atoms with Crippen molar-refractivity contribution < 1.29 is 106 Å². The summed E-state index contributed by atoms with van der Waals surface area (Å²) in [5.74, 6) is -2.98. The van der Waals surface area contributed by atoms with Crippen LogP contribution in [0, 0.1) is 20.2 Å². The number of aromatic hydroxyl groups is 1. The molecule has 0 aromatic heterocycles. The van der Waals surface area contributed by atoms with Crippen molar-refractivity contribution in [2.45, 2.75) is 48.5 Å². The molecule has 0 bridgehead atoms. The molecular formula is C46H52BrLiN4O20. The number of halogens is 1. The first kappa shape index (κ1) is 66.2. The maximum atomic E-state index is 11.2. The topological polar surface area (TPSA) is 374 Å². The molecule has 0 aliphatic heterocycles. The van der Waals surface area contributed by atoms with Gasteiger partial charge in [-0.25, -0.2) is 9.59 Å². The van der Waals surface area contributed by atoms with Gasteiger partial charge >= 0.3 is 36.8 Å². The Labute approximate surface area is 432 Å². The first-order valence-corrected chi connectivity index (χ1v) is 21.6. The average molecular weight is 1070 g/mol. The molecular weight excluding hydrogens is 1020 g/mol. The van der Waals surface area contributed by atoms with E-state index in [0.29, 0.717) is 46.9 Å². The minimum Gasteiger partial charge on any atom is -0.546 e. The number of nitrogens with two attached hydrogens (primary N) is 2. The number of hydrogen-bond acceptors (Lipinski definition) is 22. The number of nitro groups is 2. The predicted molar refractivity (Wildman–Crippen MR) is 255 cm³/mol. The summed E-state index contributed by atoms with van der Waals surface area (Å²) >= 11 is 2.94. The molecule has 0 spiro atoms. The second-order valence-corrected chi connectivity index (χ2v) is 14.0. The Morgan fingerprint density at radius 1 is 0.528 bits per heavy atom. The van der Waals surface area contributed by atoms with Gasteiger partial charge in [0, 0.05) is 34.6 Å². The van der Waals surface area contributed by atoms with Crippen LogP contribution >= 0.6 is 15.9 Å². The molecule has 384 valence electrons. The van der Waals surface area contributed by atoms with Gasteiger partial charge in [0.1, 0.15) is 34.9 Å². The molecule has 26 heteroatoms. The van der Waals surface area contributed by atoms with Gasteiger partial charge in [-0.1, -0.05) is 15.9 Å². The number of rotatable bonds is 19. The van der Waals surface area contributed by atoms with Crippen LogP contribution in [0.2, 0.25) is 0 Å². The molecule has 24 nitrogen and oxygen atoms in total. The third-order valence-corrected chi connectivity index (χ3v) is 8.46. The van der Waals surface area contributed by atoms with Gasteiger partial charge in [0.15, 0.2) is 36.3 Å². The van der Waals surface area contributed by atoms with Crippen LogP contribution in [-0.4, -0.2) is 107 Å². The number of esters is 3. The summed E-state index contributed by atoms with van der Waals surface area (Å²) in [6, 6.07) is 16.3. The van der Waals surface area contributed by atoms with Crippen molar-refractivity contribution in [1.29, 1.82) is 0 Å². The Hall–Kier alpha value is -7.88. The first-order chi connectivity index (χ1) is 33.3. The van der Waals surface area contributed by atoms with E-state index in [1.54, 1.807) is 32.9 Å². The normalized spacial score (nSPS) is 9.44. The van der Waals surface area contributed by atoms with Crippen LogP contribution in [0.1, 0.15) is 89.9 Å². The number of ketones is 4. The van der Waals surface area contributed by atoms with Crippen LogP contribution in [0.15, 0.2) is 72.8 Å². The maximum absolute atomic E-state index is 11.2. The van der Waals surface area contributed by atoms with Crippen molar-refractivity contribution in [2.75, 3.05) is 56.4 Å². The Morgan fingerprint density at radius 3 is 1.15 bits per heavy atom. The number of carboxylic acid groups (broad SMARTS) is 1. The van der Waals surface area contributed by atoms with Crippen LogP contribution < -0.4 is 49.6 Å². The summed E-state index contributed by atoms with van der Waals surface area (Å²) in [6.45, 7) is 10.4. The number of nitrogen functional groups attached to an aromatic ring is 2. The molecule has 0 saturated carbocycles. The predicted octanol–water partition coefficient (Wildman–Crippen LogP) is 2.20. The van der Waals surface area contributed by atoms with Crippen molar-refractivity contribution in [3.05, 3.63) is 115 Å². The van der Waals surface area contributed by atoms with E-state index < -0.39 is 45.9 Å². The first-order valence-electron chi connectivity index (χ1n) is 20.5. The monoisotopic (exact) mass is 1070 g/mol. The van der Waals surface area contributed by atoms with Gasteiger partial charge in [0.05, 0.1) is 58.9 Å². The van der Waals surface area contributed by atoms with Gasteiger partial charge in [0.2, 0.25) is 0 Å². The van der Waals surface area contributed by atoms with E-state index >= 15 is 0 Å². The van der Waals surface area contributed by atoms with E-state index in [1.807, 2.05) is 0 Å². The van der Waals surface area contributed by atoms with Crippen molar-refractivity contribution in [1.82, 2.24) is 0 Å². The summed E-state index contributed by atoms with van der Waals surface area (Å²) in [5, 5.41) is 40.6. The largest absolute Gasteiger partial charge is 1.00 e. The van der Waals surface area contributed by atoms with Crippen molar-refractivity contribution >= 4 is 85.7 Å². The Bertz CT molecular complexity index is 2540. The van der Waals surface area contributed by atoms with Gasteiger partial charge in [-0.3, -0.25) is 44.2 Å². The third kappa shape index (κ3) is 26.2. The fourth-order valence-corrected chi connectivity index (χ4v) is 5.11. The molecule has 0 radical (unpaired) electrons. The zero-order valence-corrected chi connectivity index (χ0v) is 42.1. The molecule has 0 aliphatic carbocycles. The Balaban J connectivity index is 0. The fourth-order valence-electron chi connectivity index (χ4n) is 4.95. The number of hydrogen-bond donors (Lipinski definition) is 3. The Morgan fingerprint density at radius 2 is 0.847 bits per heavy atom. The number of nitrogens with zero attached hydrogens (tertiary/aromatic N) is 2. The molecule has 4 aromatic rings. The van der Waals surface area contributed by atoms with Gasteiger partial charge in [-0.15, -0.1) is 0 Å². The number of phenolic OH excluding ortho intramolecular Hbond substituents is 1. The van der Waals surface area contributed by atoms with Crippen LogP contribution in [-0.2, 0) is 33.4 Å². The number of carboxylic acids is 1. The average Bonchev–Trinajstić information content (AvgIpc) is 3.30. The van der Waals surface area contributed by atoms with Crippen LogP contribution in [0.5, 0.6) is 23.0 Å². The summed E-state index contributed by atoms with van der Waals surface area (Å²) < 4.78 is 28.9. The summed E-state index contributed by atoms with van der Waals surface area (Å²) in [5.41, 5.74) is 11.9. The molecule has 72 heavy (non-hydrogen) atoms. The van der Waals surface area contributed by atoms with Crippen LogP contribution in [0.4, 0.5) is 22.7 Å². The molecule has 0 unspecified atom stereocenters. The number of ether oxygens (including phenoxy) is 6. The number of anilines is 2. The SMILES string of the molecule is CC(=O)c1ccc(O)cc1[N+](=O)[O-].CC(=O)c1ccc(OCC(=O)[O-])cc1N.CCOC(=O)CBr.CCOC(=O)COc1ccc(C(C)=O)c(N)c1.CCOC(=O)COc1ccc(C(C)=O)c([N+](=O)[O-])c1.[Li+]. The van der Waals surface area contributed by atoms with Gasteiger partial charge in [-0.05, 0) is 97.0 Å². The van der Waals surface area contributed by atoms with Crippen LogP contribution in [0.25, 0.3) is 0 Å². The second-order valence-electron chi connectivity index (χ2n) is 13.4. The van der Waals surface area contributed by atoms with Crippen molar-refractivity contribution in [2.24, 2.45) is 0 Å². The van der Waals surface area contributed by atoms with E-state index in [2.05, 4.69) is 25.4 Å². The van der Waals surface area contributed by atoms with E-state index in [0.717, 1.165) is 12.1 Å². The third-order valence-electron chi connectivity index (χ3n) is 8.00. The zero-order valence-electron chi connectivity index (χ0n) is 40.5. The van der Waals surface area contributed by atoms with Crippen molar-refractivity contribution in [3.8, 4) is 23.0 Å². The second kappa shape index (κ2) is 35.3.